The summed E-state index contributed by atoms with van der Waals surface area (Å²) in [5.41, 5.74) is 5.34. The van der Waals surface area contributed by atoms with Crippen molar-refractivity contribution in [3.8, 4) is 0 Å². The zero-order valence-corrected chi connectivity index (χ0v) is 30.4. The van der Waals surface area contributed by atoms with Crippen molar-refractivity contribution in [3.63, 3.8) is 0 Å². The number of rotatable bonds is 34. The zero-order valence-electron chi connectivity index (χ0n) is 29.6. The van der Waals surface area contributed by atoms with Crippen molar-refractivity contribution in [3.05, 3.63) is 36.5 Å². The van der Waals surface area contributed by atoms with Crippen LogP contribution >= 0.6 is 7.82 Å². The van der Waals surface area contributed by atoms with E-state index in [1.165, 1.54) is 96.3 Å². The summed E-state index contributed by atoms with van der Waals surface area (Å²) in [5, 5.41) is 13.5. The van der Waals surface area contributed by atoms with Crippen LogP contribution in [0, 0.1) is 0 Å². The molecule has 0 aliphatic rings. The highest BCUT2D eigenvalue weighted by molar-refractivity contribution is 7.47. The Kier molecular flexibility index (Phi) is 32.7. The van der Waals surface area contributed by atoms with Gasteiger partial charge in [-0.1, -0.05) is 140 Å². The first-order valence-electron chi connectivity index (χ1n) is 18.6. The molecule has 0 aromatic carbocycles. The van der Waals surface area contributed by atoms with Crippen LogP contribution < -0.4 is 11.1 Å². The van der Waals surface area contributed by atoms with Gasteiger partial charge in [-0.3, -0.25) is 13.8 Å². The van der Waals surface area contributed by atoms with Crippen LogP contribution in [0.1, 0.15) is 162 Å². The lowest BCUT2D eigenvalue weighted by atomic mass is 10.0. The number of hydrogen-bond acceptors (Lipinski definition) is 6. The average Bonchev–Trinajstić information content (AvgIpc) is 3.04. The number of unbranched alkanes of at least 4 members (excludes halogenated alkanes) is 18. The number of aliphatic hydroxyl groups excluding tert-OH is 1. The van der Waals surface area contributed by atoms with Crippen LogP contribution in [0.2, 0.25) is 0 Å². The van der Waals surface area contributed by atoms with Crippen LogP contribution in [-0.4, -0.2) is 47.8 Å². The molecule has 9 heteroatoms. The maximum atomic E-state index is 12.6. The summed E-state index contributed by atoms with van der Waals surface area (Å²) in [6.07, 6.45) is 37.7. The Hall–Kier alpha value is -1.28. The Morgan fingerprint density at radius 1 is 0.717 bits per heavy atom. The van der Waals surface area contributed by atoms with Gasteiger partial charge < -0.3 is 21.1 Å². The fourth-order valence-corrected chi connectivity index (χ4v) is 5.86. The molecule has 8 nitrogen and oxygen atoms in total. The monoisotopic (exact) mass is 671 g/mol. The first-order valence-corrected chi connectivity index (χ1v) is 20.1. The first-order chi connectivity index (χ1) is 22.4. The number of hydrogen-bond donors (Lipinski definition) is 4. The van der Waals surface area contributed by atoms with E-state index in [2.05, 4.69) is 43.5 Å². The number of phosphoric acid groups is 1. The minimum Gasteiger partial charge on any atom is -0.387 e. The van der Waals surface area contributed by atoms with Crippen molar-refractivity contribution in [1.29, 1.82) is 0 Å². The van der Waals surface area contributed by atoms with Crippen molar-refractivity contribution < 1.29 is 28.4 Å². The summed E-state index contributed by atoms with van der Waals surface area (Å²) >= 11 is 0. The Labute approximate surface area is 282 Å². The van der Waals surface area contributed by atoms with Gasteiger partial charge in [-0.05, 0) is 51.4 Å². The molecule has 0 bridgehead atoms. The smallest absolute Gasteiger partial charge is 0.387 e. The fourth-order valence-electron chi connectivity index (χ4n) is 5.10. The Morgan fingerprint density at radius 2 is 1.20 bits per heavy atom. The minimum atomic E-state index is -4.33. The second-order valence-corrected chi connectivity index (χ2v) is 13.9. The van der Waals surface area contributed by atoms with Crippen LogP contribution in [0.25, 0.3) is 0 Å². The molecule has 0 spiro atoms. The molecule has 1 amide bonds. The highest BCUT2D eigenvalue weighted by Crippen LogP contribution is 2.43. The fraction of sp³-hybridized carbons (Fsp3) is 0.811. The number of phosphoric ester groups is 1. The molecule has 0 rings (SSSR count). The van der Waals surface area contributed by atoms with Gasteiger partial charge in [-0.25, -0.2) is 4.57 Å². The molecule has 3 unspecified atom stereocenters. The van der Waals surface area contributed by atoms with Crippen molar-refractivity contribution in [2.24, 2.45) is 5.73 Å². The second-order valence-electron chi connectivity index (χ2n) is 12.4. The molecule has 3 atom stereocenters. The lowest BCUT2D eigenvalue weighted by Gasteiger charge is -2.23. The van der Waals surface area contributed by atoms with E-state index in [9.17, 15) is 19.4 Å². The van der Waals surface area contributed by atoms with Gasteiger partial charge >= 0.3 is 7.82 Å². The number of nitrogens with one attached hydrogen (secondary N) is 1. The molecule has 0 aliphatic heterocycles. The minimum absolute atomic E-state index is 0.0768. The molecule has 0 aromatic heterocycles. The van der Waals surface area contributed by atoms with Gasteiger partial charge in [0.2, 0.25) is 5.91 Å². The molecule has 0 aliphatic carbocycles. The van der Waals surface area contributed by atoms with E-state index in [0.29, 0.717) is 6.42 Å². The third kappa shape index (κ3) is 31.3. The average molecular weight is 671 g/mol. The van der Waals surface area contributed by atoms with E-state index in [1.807, 2.05) is 6.08 Å². The number of nitrogens with two attached hydrogens (primary N) is 1. The van der Waals surface area contributed by atoms with E-state index in [4.69, 9.17) is 14.8 Å². The number of allylic oxidation sites excluding steroid dienone is 5. The summed E-state index contributed by atoms with van der Waals surface area (Å²) < 4.78 is 21.9. The van der Waals surface area contributed by atoms with E-state index in [-0.39, 0.29) is 25.7 Å². The predicted octanol–water partition coefficient (Wildman–Crippen LogP) is 9.61. The molecule has 46 heavy (non-hydrogen) atoms. The Morgan fingerprint density at radius 3 is 1.76 bits per heavy atom. The number of carbonyl (C=O) groups is 1. The molecular formula is C37H71N2O6P. The van der Waals surface area contributed by atoms with Gasteiger partial charge in [-0.15, -0.1) is 0 Å². The summed E-state index contributed by atoms with van der Waals surface area (Å²) in [7, 11) is -4.33. The van der Waals surface area contributed by atoms with Crippen LogP contribution in [-0.2, 0) is 18.4 Å². The first kappa shape index (κ1) is 44.7. The van der Waals surface area contributed by atoms with Gasteiger partial charge in [0.05, 0.1) is 25.4 Å². The van der Waals surface area contributed by atoms with Crippen molar-refractivity contribution in [1.82, 2.24) is 5.32 Å². The van der Waals surface area contributed by atoms with Crippen LogP contribution in [0.15, 0.2) is 36.5 Å². The van der Waals surface area contributed by atoms with Crippen molar-refractivity contribution in [2.75, 3.05) is 19.8 Å². The topological polar surface area (TPSA) is 131 Å². The Balaban J connectivity index is 4.18. The van der Waals surface area contributed by atoms with E-state index >= 15 is 0 Å². The van der Waals surface area contributed by atoms with Gasteiger partial charge in [0.25, 0.3) is 0 Å². The molecule has 0 heterocycles. The number of carbonyl (C=O) groups excluding carboxylic acids is 1. The normalized spacial score (nSPS) is 14.8. The standard InChI is InChI=1S/C37H71N2O6P/c1-3-5-7-9-11-13-14-15-16-17-18-19-20-21-22-23-25-27-29-31-37(41)39-35(34-45-46(42,43)44-33-32-38)36(40)30-28-26-24-12-10-8-6-4-2/h11,13,15-16,28,30,35-36,40H,3-10,12,14,17-27,29,31-34,38H2,1-2H3,(H,39,41)(H,42,43)/b13-11-,16-15-,30-28+. The predicted molar refractivity (Wildman–Crippen MR) is 194 cm³/mol. The third-order valence-electron chi connectivity index (χ3n) is 7.96. The van der Waals surface area contributed by atoms with Crippen LogP contribution in [0.4, 0.5) is 0 Å². The van der Waals surface area contributed by atoms with Crippen molar-refractivity contribution >= 4 is 13.7 Å². The molecule has 0 saturated carbocycles. The van der Waals surface area contributed by atoms with Gasteiger partial charge in [0.1, 0.15) is 0 Å². The summed E-state index contributed by atoms with van der Waals surface area (Å²) in [6, 6.07) is -0.858. The third-order valence-corrected chi connectivity index (χ3v) is 8.94. The highest BCUT2D eigenvalue weighted by atomic mass is 31.2. The lowest BCUT2D eigenvalue weighted by Crippen LogP contribution is -2.45. The SMILES string of the molecule is CCCCC/C=C\C/C=C\CCCCCCCCCCCC(=O)NC(COP(=O)(O)OCCN)C(O)/C=C/CCCCCCCC. The van der Waals surface area contributed by atoms with Gasteiger partial charge in [0.15, 0.2) is 0 Å². The number of aliphatic hydroxyl groups is 1. The summed E-state index contributed by atoms with van der Waals surface area (Å²) in [6.45, 7) is 4.04. The maximum Gasteiger partial charge on any atom is 0.472 e. The molecule has 0 radical (unpaired) electrons. The van der Waals surface area contributed by atoms with E-state index in [1.54, 1.807) is 6.08 Å². The lowest BCUT2D eigenvalue weighted by molar-refractivity contribution is -0.123. The largest absolute Gasteiger partial charge is 0.472 e. The zero-order chi connectivity index (χ0) is 34.0. The molecule has 270 valence electrons. The molecule has 0 saturated heterocycles. The molecular weight excluding hydrogens is 599 g/mol. The Bertz CT molecular complexity index is 820. The van der Waals surface area contributed by atoms with Crippen molar-refractivity contribution in [2.45, 2.75) is 174 Å². The molecule has 0 fully saturated rings. The summed E-state index contributed by atoms with van der Waals surface area (Å²) in [5.74, 6) is -0.204. The van der Waals surface area contributed by atoms with E-state index in [0.717, 1.165) is 44.9 Å². The van der Waals surface area contributed by atoms with Gasteiger partial charge in [0, 0.05) is 13.0 Å². The quantitative estimate of drug-likeness (QED) is 0.0305. The summed E-state index contributed by atoms with van der Waals surface area (Å²) in [4.78, 5) is 22.5. The number of amides is 1. The molecule has 0 aromatic rings. The van der Waals surface area contributed by atoms with Crippen LogP contribution in [0.5, 0.6) is 0 Å². The second kappa shape index (κ2) is 33.6. The van der Waals surface area contributed by atoms with Gasteiger partial charge in [-0.2, -0.15) is 0 Å². The molecule has 5 N–H and O–H groups in total. The highest BCUT2D eigenvalue weighted by Gasteiger charge is 2.26. The maximum absolute atomic E-state index is 12.6. The van der Waals surface area contributed by atoms with E-state index < -0.39 is 20.0 Å². The van der Waals surface area contributed by atoms with Crippen LogP contribution in [0.3, 0.4) is 0 Å².